The molecule has 28 heavy (non-hydrogen) atoms. The van der Waals surface area contributed by atoms with Crippen LogP contribution in [-0.4, -0.2) is 63.4 Å². The highest BCUT2D eigenvalue weighted by molar-refractivity contribution is 5.88. The second kappa shape index (κ2) is 9.81. The predicted octanol–water partition coefficient (Wildman–Crippen LogP) is 2.53. The second-order valence-electron chi connectivity index (χ2n) is 7.71. The van der Waals surface area contributed by atoms with Crippen LogP contribution in [0.3, 0.4) is 0 Å². The molecule has 1 saturated carbocycles. The Labute approximate surface area is 173 Å². The Morgan fingerprint density at radius 2 is 1.75 bits per heavy atom. The zero-order chi connectivity index (χ0) is 18.5. The van der Waals surface area contributed by atoms with Crippen LogP contribution in [0.1, 0.15) is 37.7 Å². The number of rotatable bonds is 6. The highest BCUT2D eigenvalue weighted by atomic mass is 35.5. The lowest BCUT2D eigenvalue weighted by atomic mass is 9.77. The van der Waals surface area contributed by atoms with E-state index in [2.05, 4.69) is 10.2 Å². The summed E-state index contributed by atoms with van der Waals surface area (Å²) in [4.78, 5) is 15.6. The van der Waals surface area contributed by atoms with Crippen molar-refractivity contribution in [1.29, 1.82) is 0 Å². The molecule has 2 aliphatic heterocycles. The Morgan fingerprint density at radius 1 is 1.04 bits per heavy atom. The van der Waals surface area contributed by atoms with Crippen molar-refractivity contribution >= 4 is 18.3 Å². The van der Waals surface area contributed by atoms with E-state index in [-0.39, 0.29) is 18.3 Å². The number of nitrogens with zero attached hydrogens (tertiary/aromatic N) is 1. The van der Waals surface area contributed by atoms with Gasteiger partial charge in [0, 0.05) is 19.6 Å². The molecule has 4 rings (SSSR count). The number of morpholine rings is 1. The predicted molar refractivity (Wildman–Crippen MR) is 110 cm³/mol. The van der Waals surface area contributed by atoms with Crippen molar-refractivity contribution in [2.45, 2.75) is 37.5 Å². The minimum Gasteiger partial charge on any atom is -0.486 e. The van der Waals surface area contributed by atoms with Gasteiger partial charge in [-0.25, -0.2) is 0 Å². The van der Waals surface area contributed by atoms with Gasteiger partial charge in [-0.1, -0.05) is 18.9 Å². The highest BCUT2D eigenvalue weighted by Gasteiger charge is 2.43. The van der Waals surface area contributed by atoms with Gasteiger partial charge in [-0.2, -0.15) is 0 Å². The average molecular weight is 411 g/mol. The largest absolute Gasteiger partial charge is 0.486 e. The Hall–Kier alpha value is -1.50. The van der Waals surface area contributed by atoms with Crippen LogP contribution in [0.15, 0.2) is 18.2 Å². The number of hydrogen-bond acceptors (Lipinski definition) is 5. The molecule has 1 N–H and O–H groups in total. The molecule has 0 bridgehead atoms. The molecule has 1 aromatic rings. The van der Waals surface area contributed by atoms with Crippen LogP contribution < -0.4 is 14.8 Å². The van der Waals surface area contributed by atoms with Gasteiger partial charge in [-0.05, 0) is 43.5 Å². The number of benzene rings is 1. The van der Waals surface area contributed by atoms with Crippen LogP contribution in [0.5, 0.6) is 11.5 Å². The maximum absolute atomic E-state index is 13.2. The van der Waals surface area contributed by atoms with Crippen LogP contribution in [0.2, 0.25) is 0 Å². The summed E-state index contributed by atoms with van der Waals surface area (Å²) in [5.41, 5.74) is 0.643. The Bertz CT molecular complexity index is 658. The third-order valence-electron chi connectivity index (χ3n) is 6.03. The van der Waals surface area contributed by atoms with Crippen molar-refractivity contribution in [3.63, 3.8) is 0 Å². The summed E-state index contributed by atoms with van der Waals surface area (Å²) in [6.45, 7) is 6.52. The van der Waals surface area contributed by atoms with Gasteiger partial charge in [0.2, 0.25) is 5.91 Å². The summed E-state index contributed by atoms with van der Waals surface area (Å²) in [5.74, 6) is 1.72. The molecule has 7 heteroatoms. The number of carbonyl (C=O) groups is 1. The lowest BCUT2D eigenvalue weighted by Gasteiger charge is -2.30. The number of ether oxygens (including phenoxy) is 3. The molecule has 6 nitrogen and oxygen atoms in total. The lowest BCUT2D eigenvalue weighted by Crippen LogP contribution is -2.44. The van der Waals surface area contributed by atoms with Crippen LogP contribution in [-0.2, 0) is 14.9 Å². The van der Waals surface area contributed by atoms with Crippen LogP contribution in [0, 0.1) is 0 Å². The number of amides is 1. The van der Waals surface area contributed by atoms with Crippen LogP contribution in [0.4, 0.5) is 0 Å². The van der Waals surface area contributed by atoms with E-state index in [4.69, 9.17) is 14.2 Å². The molecule has 1 aromatic carbocycles. The minimum absolute atomic E-state index is 0. The van der Waals surface area contributed by atoms with Gasteiger partial charge in [-0.3, -0.25) is 9.69 Å². The van der Waals surface area contributed by atoms with E-state index in [1.54, 1.807) is 0 Å². The van der Waals surface area contributed by atoms with Gasteiger partial charge in [0.05, 0.1) is 18.6 Å². The first-order valence-corrected chi connectivity index (χ1v) is 10.3. The molecule has 3 aliphatic rings. The van der Waals surface area contributed by atoms with Crippen molar-refractivity contribution in [2.24, 2.45) is 0 Å². The summed E-state index contributed by atoms with van der Waals surface area (Å²) in [6, 6.07) is 6.02. The molecule has 0 atom stereocenters. The van der Waals surface area contributed by atoms with Crippen molar-refractivity contribution in [2.75, 3.05) is 52.6 Å². The summed E-state index contributed by atoms with van der Waals surface area (Å²) >= 11 is 0. The molecule has 0 radical (unpaired) electrons. The van der Waals surface area contributed by atoms with Gasteiger partial charge in [0.1, 0.15) is 13.2 Å². The molecule has 0 unspecified atom stereocenters. The first-order chi connectivity index (χ1) is 13.3. The third kappa shape index (κ3) is 4.56. The SMILES string of the molecule is Cl.O=C(NCCCN1CCOCC1)C1(c2ccc3c(c2)OCCO3)CCCC1. The molecular formula is C21H31ClN2O4. The zero-order valence-electron chi connectivity index (χ0n) is 16.4. The lowest BCUT2D eigenvalue weighted by molar-refractivity contribution is -0.126. The van der Waals surface area contributed by atoms with Crippen molar-refractivity contribution in [1.82, 2.24) is 10.2 Å². The fraction of sp³-hybridized carbons (Fsp3) is 0.667. The number of carbonyl (C=O) groups excluding carboxylic acids is 1. The normalized spacial score (nSPS) is 21.0. The van der Waals surface area contributed by atoms with Crippen molar-refractivity contribution < 1.29 is 19.0 Å². The van der Waals surface area contributed by atoms with E-state index in [0.717, 1.165) is 88.6 Å². The van der Waals surface area contributed by atoms with Gasteiger partial charge in [0.25, 0.3) is 0 Å². The number of fused-ring (bicyclic) bond motifs is 1. The summed E-state index contributed by atoms with van der Waals surface area (Å²) < 4.78 is 16.8. The Kier molecular flexibility index (Phi) is 7.43. The monoisotopic (exact) mass is 410 g/mol. The quantitative estimate of drug-likeness (QED) is 0.730. The fourth-order valence-electron chi connectivity index (χ4n) is 4.46. The first kappa shape index (κ1) is 21.2. The number of nitrogens with one attached hydrogen (secondary N) is 1. The van der Waals surface area contributed by atoms with Gasteiger partial charge in [-0.15, -0.1) is 12.4 Å². The molecule has 1 saturated heterocycles. The Balaban J connectivity index is 0.00000225. The molecule has 0 spiro atoms. The van der Waals surface area contributed by atoms with Crippen molar-refractivity contribution in [3.8, 4) is 11.5 Å². The molecule has 156 valence electrons. The topological polar surface area (TPSA) is 60.0 Å². The maximum Gasteiger partial charge on any atom is 0.230 e. The third-order valence-corrected chi connectivity index (χ3v) is 6.03. The average Bonchev–Trinajstić information content (AvgIpc) is 3.23. The van der Waals surface area contributed by atoms with E-state index in [1.807, 2.05) is 18.2 Å². The van der Waals surface area contributed by atoms with Gasteiger partial charge >= 0.3 is 0 Å². The van der Waals surface area contributed by atoms with E-state index in [1.165, 1.54) is 0 Å². The first-order valence-electron chi connectivity index (χ1n) is 10.3. The van der Waals surface area contributed by atoms with Crippen LogP contribution in [0.25, 0.3) is 0 Å². The molecule has 2 fully saturated rings. The van der Waals surface area contributed by atoms with Crippen molar-refractivity contribution in [3.05, 3.63) is 23.8 Å². The van der Waals surface area contributed by atoms with E-state index in [0.29, 0.717) is 13.2 Å². The fourth-order valence-corrected chi connectivity index (χ4v) is 4.46. The zero-order valence-corrected chi connectivity index (χ0v) is 17.2. The molecule has 1 aliphatic carbocycles. The van der Waals surface area contributed by atoms with Gasteiger partial charge < -0.3 is 19.5 Å². The summed E-state index contributed by atoms with van der Waals surface area (Å²) in [5, 5.41) is 3.21. The summed E-state index contributed by atoms with van der Waals surface area (Å²) in [6.07, 6.45) is 4.97. The number of halogens is 1. The van der Waals surface area contributed by atoms with E-state index in [9.17, 15) is 4.79 Å². The molecule has 0 aromatic heterocycles. The highest BCUT2D eigenvalue weighted by Crippen LogP contribution is 2.44. The molecular weight excluding hydrogens is 380 g/mol. The Morgan fingerprint density at radius 3 is 2.50 bits per heavy atom. The van der Waals surface area contributed by atoms with E-state index < -0.39 is 5.41 Å². The number of hydrogen-bond donors (Lipinski definition) is 1. The van der Waals surface area contributed by atoms with E-state index >= 15 is 0 Å². The van der Waals surface area contributed by atoms with Gasteiger partial charge in [0.15, 0.2) is 11.5 Å². The minimum atomic E-state index is -0.422. The summed E-state index contributed by atoms with van der Waals surface area (Å²) in [7, 11) is 0. The molecule has 2 heterocycles. The maximum atomic E-state index is 13.2. The second-order valence-corrected chi connectivity index (χ2v) is 7.71. The van der Waals surface area contributed by atoms with Crippen LogP contribution >= 0.6 is 12.4 Å². The molecule has 1 amide bonds. The standard InChI is InChI=1S/C21H30N2O4.ClH/c24-20(22-8-3-9-23-10-12-25-13-11-23)21(6-1-2-7-21)17-4-5-18-19(16-17)27-15-14-26-18;/h4-5,16H,1-3,6-15H2,(H,22,24);1H. The smallest absolute Gasteiger partial charge is 0.230 e.